The number of carboxylic acid groups (broad SMARTS) is 1. The van der Waals surface area contributed by atoms with Crippen LogP contribution < -0.4 is 14.4 Å². The van der Waals surface area contributed by atoms with Crippen LogP contribution in [0, 0.1) is 27.7 Å². The van der Waals surface area contributed by atoms with Crippen LogP contribution in [0.15, 0.2) is 79.1 Å². The van der Waals surface area contributed by atoms with Gasteiger partial charge in [0.1, 0.15) is 35.8 Å². The van der Waals surface area contributed by atoms with Crippen molar-refractivity contribution in [1.82, 2.24) is 19.5 Å². The number of nitrogens with one attached hydrogen (secondary N) is 1. The number of carbonyl (C=O) groups excluding carboxylic acids is 1. The molecule has 0 unspecified atom stereocenters. The molecule has 1 amide bonds. The van der Waals surface area contributed by atoms with E-state index in [9.17, 15) is 9.90 Å². The molecule has 3 aromatic heterocycles. The highest BCUT2D eigenvalue weighted by molar-refractivity contribution is 6.35. The Morgan fingerprint density at radius 2 is 1.61 bits per heavy atom. The first-order valence-corrected chi connectivity index (χ1v) is 19.6. The van der Waals surface area contributed by atoms with Crippen LogP contribution in [0.25, 0.3) is 32.9 Å². The first-order chi connectivity index (χ1) is 27.4. The number of hydrogen-bond acceptors (Lipinski definition) is 6. The van der Waals surface area contributed by atoms with Crippen molar-refractivity contribution < 1.29 is 24.2 Å². The van der Waals surface area contributed by atoms with Crippen LogP contribution in [0.5, 0.6) is 11.5 Å². The number of ether oxygens (including phenoxy) is 2. The molecule has 2 N–H and O–H groups in total. The van der Waals surface area contributed by atoms with Crippen molar-refractivity contribution in [2.45, 2.75) is 60.1 Å². The van der Waals surface area contributed by atoms with E-state index in [0.29, 0.717) is 65.7 Å². The summed E-state index contributed by atoms with van der Waals surface area (Å²) >= 11 is 13.5. The van der Waals surface area contributed by atoms with Crippen molar-refractivity contribution in [3.8, 4) is 22.6 Å². The molecule has 1 aliphatic heterocycles. The van der Waals surface area contributed by atoms with Gasteiger partial charge in [0.25, 0.3) is 5.91 Å². The number of fused-ring (bicyclic) bond motifs is 4. The summed E-state index contributed by atoms with van der Waals surface area (Å²) in [6.07, 6.45) is 2.69. The van der Waals surface area contributed by atoms with E-state index in [4.69, 9.17) is 32.7 Å². The molecule has 0 saturated heterocycles. The van der Waals surface area contributed by atoms with Crippen LogP contribution in [0.2, 0.25) is 10.0 Å². The van der Waals surface area contributed by atoms with Crippen LogP contribution in [0.4, 0.5) is 5.69 Å². The van der Waals surface area contributed by atoms with Crippen molar-refractivity contribution in [3.05, 3.63) is 134 Å². The summed E-state index contributed by atoms with van der Waals surface area (Å²) in [4.78, 5) is 41.3. The van der Waals surface area contributed by atoms with Gasteiger partial charge in [0.15, 0.2) is 0 Å². The fourth-order valence-electron chi connectivity index (χ4n) is 8.11. The number of aromatic carboxylic acids is 1. The predicted octanol–water partition coefficient (Wildman–Crippen LogP) is 10.6. The number of hydrogen-bond donors (Lipinski definition) is 2. The van der Waals surface area contributed by atoms with Gasteiger partial charge >= 0.3 is 5.97 Å². The maximum atomic E-state index is 15.3. The molecule has 1 atom stereocenters. The Hall–Kier alpha value is -5.84. The van der Waals surface area contributed by atoms with Crippen molar-refractivity contribution >= 4 is 62.6 Å². The van der Waals surface area contributed by atoms with Crippen molar-refractivity contribution in [1.29, 1.82) is 0 Å². The predicted molar refractivity (Wildman–Crippen MR) is 225 cm³/mol. The third-order valence-corrected chi connectivity index (χ3v) is 11.6. The number of H-pyrrole nitrogens is 1. The Morgan fingerprint density at radius 1 is 0.912 bits per heavy atom. The summed E-state index contributed by atoms with van der Waals surface area (Å²) in [6.45, 7) is 10.9. The number of nitrogens with zero attached hydrogens (tertiary/aromatic N) is 4. The van der Waals surface area contributed by atoms with Gasteiger partial charge in [0.05, 0.1) is 28.4 Å². The lowest BCUT2D eigenvalue weighted by Crippen LogP contribution is -2.42. The normalized spacial score (nSPS) is 14.1. The minimum Gasteiger partial charge on any atom is -0.494 e. The Balaban J connectivity index is 1.26. The summed E-state index contributed by atoms with van der Waals surface area (Å²) in [6, 6.07) is 22.5. The zero-order valence-electron chi connectivity index (χ0n) is 32.2. The molecule has 1 aliphatic rings. The smallest absolute Gasteiger partial charge is 0.352 e. The van der Waals surface area contributed by atoms with E-state index in [-0.39, 0.29) is 17.6 Å². The minimum atomic E-state index is -1.10. The van der Waals surface area contributed by atoms with Gasteiger partial charge < -0.3 is 29.0 Å². The van der Waals surface area contributed by atoms with Crippen LogP contribution in [0.1, 0.15) is 74.0 Å². The zero-order chi connectivity index (χ0) is 40.1. The second-order valence-electron chi connectivity index (χ2n) is 14.7. The van der Waals surface area contributed by atoms with Crippen molar-refractivity contribution in [2.75, 3.05) is 18.1 Å². The average Bonchev–Trinajstić information content (AvgIpc) is 3.77. The van der Waals surface area contributed by atoms with E-state index in [0.717, 1.165) is 66.4 Å². The molecule has 0 bridgehead atoms. The molecule has 0 saturated carbocycles. The number of aromatic nitrogens is 4. The van der Waals surface area contributed by atoms with E-state index < -0.39 is 5.97 Å². The number of halogens is 2. The van der Waals surface area contributed by atoms with Gasteiger partial charge in [0, 0.05) is 57.0 Å². The molecule has 10 nitrogen and oxygen atoms in total. The lowest BCUT2D eigenvalue weighted by Gasteiger charge is -2.35. The van der Waals surface area contributed by atoms with E-state index in [1.807, 2.05) is 88.4 Å². The molecule has 12 heteroatoms. The first-order valence-electron chi connectivity index (χ1n) is 18.8. The second-order valence-corrected chi connectivity index (χ2v) is 15.5. The molecule has 4 heterocycles. The molecule has 0 fully saturated rings. The van der Waals surface area contributed by atoms with Crippen LogP contribution >= 0.6 is 23.2 Å². The molecule has 290 valence electrons. The Labute approximate surface area is 340 Å². The number of aromatic amines is 1. The van der Waals surface area contributed by atoms with Crippen LogP contribution in [0.3, 0.4) is 0 Å². The van der Waals surface area contributed by atoms with Crippen molar-refractivity contribution in [2.24, 2.45) is 0 Å². The Morgan fingerprint density at radius 3 is 2.32 bits per heavy atom. The fraction of sp³-hybridized carbons (Fsp3) is 0.244. The highest BCUT2D eigenvalue weighted by atomic mass is 35.5. The summed E-state index contributed by atoms with van der Waals surface area (Å²) in [5.74, 6) is -0.0751. The molecular formula is C45H41Cl2N5O5. The molecule has 4 aromatic carbocycles. The SMILES string of the molecule is Cc1cc(OCCCc2c3n(c4c(-c5c(C)ncnc5C)c(Cl)ccc24)[C@H](C)CN(c2cc(OCc4ccccc4)cc4cc(C(=O)O)[nH]c24)C3=O)cc(C)c1Cl. The molecule has 0 spiro atoms. The zero-order valence-corrected chi connectivity index (χ0v) is 33.8. The number of carbonyl (C=O) groups is 2. The number of anilines is 1. The number of aryl methyl sites for hydroxylation is 5. The molecular weight excluding hydrogens is 761 g/mol. The van der Waals surface area contributed by atoms with E-state index >= 15 is 4.79 Å². The number of carboxylic acids is 1. The number of rotatable bonds is 11. The van der Waals surface area contributed by atoms with Crippen LogP contribution in [-0.2, 0) is 13.0 Å². The molecule has 7 aromatic rings. The first kappa shape index (κ1) is 38.1. The maximum Gasteiger partial charge on any atom is 0.352 e. The monoisotopic (exact) mass is 801 g/mol. The topological polar surface area (TPSA) is 123 Å². The van der Waals surface area contributed by atoms with Gasteiger partial charge in [-0.3, -0.25) is 4.79 Å². The van der Waals surface area contributed by atoms with Gasteiger partial charge in [0.2, 0.25) is 0 Å². The summed E-state index contributed by atoms with van der Waals surface area (Å²) in [5, 5.41) is 12.7. The van der Waals surface area contributed by atoms with Gasteiger partial charge in [-0.1, -0.05) is 59.6 Å². The van der Waals surface area contributed by atoms with Gasteiger partial charge in [-0.05, 0) is 100 Å². The third kappa shape index (κ3) is 6.97. The molecule has 0 aliphatic carbocycles. The van der Waals surface area contributed by atoms with Crippen molar-refractivity contribution in [3.63, 3.8) is 0 Å². The summed E-state index contributed by atoms with van der Waals surface area (Å²) in [5.41, 5.74) is 9.36. The fourth-order valence-corrected chi connectivity index (χ4v) is 8.46. The third-order valence-electron chi connectivity index (χ3n) is 10.7. The van der Waals surface area contributed by atoms with Gasteiger partial charge in [-0.2, -0.15) is 0 Å². The highest BCUT2D eigenvalue weighted by Gasteiger charge is 2.37. The van der Waals surface area contributed by atoms with E-state index in [1.54, 1.807) is 23.4 Å². The molecule has 0 radical (unpaired) electrons. The van der Waals surface area contributed by atoms with E-state index in [2.05, 4.69) is 26.4 Å². The average molecular weight is 803 g/mol. The molecule has 57 heavy (non-hydrogen) atoms. The van der Waals surface area contributed by atoms with E-state index in [1.165, 1.54) is 0 Å². The minimum absolute atomic E-state index is 0.0138. The number of benzene rings is 4. The standard InChI is InChI=1S/C45H41Cl2N5O5/c1-24-16-31(17-25(2)40(24)47)56-15-9-12-33-34-13-14-35(46)39(38-27(4)48-23-49-28(38)5)42(34)52-26(3)21-51(44(53)43(33)52)37-20-32(57-22-29-10-7-6-8-11-29)18-30-19-36(45(54)55)50-41(30)37/h6-8,10-11,13-14,16-20,23,26,50H,9,12,15,21-22H2,1-5H3,(H,54,55)/t26-/m1/s1. The molecule has 8 rings (SSSR count). The second kappa shape index (κ2) is 15.2. The van der Waals surface area contributed by atoms with Gasteiger partial charge in [-0.15, -0.1) is 0 Å². The van der Waals surface area contributed by atoms with Gasteiger partial charge in [-0.25, -0.2) is 14.8 Å². The maximum absolute atomic E-state index is 15.3. The Kier molecular flexibility index (Phi) is 10.2. The lowest BCUT2D eigenvalue weighted by molar-refractivity contribution is 0.0691. The largest absolute Gasteiger partial charge is 0.494 e. The Bertz CT molecular complexity index is 2680. The van der Waals surface area contributed by atoms with Crippen LogP contribution in [-0.4, -0.2) is 49.7 Å². The highest BCUT2D eigenvalue weighted by Crippen LogP contribution is 2.45. The summed E-state index contributed by atoms with van der Waals surface area (Å²) < 4.78 is 14.6. The number of amides is 1. The summed E-state index contributed by atoms with van der Waals surface area (Å²) in [7, 11) is 0. The lowest BCUT2D eigenvalue weighted by atomic mass is 9.97. The quantitative estimate of drug-likeness (QED) is 0.125.